The first-order chi connectivity index (χ1) is 11.7. The number of guanidine groups is 1. The summed E-state index contributed by atoms with van der Waals surface area (Å²) in [5.74, 6) is 0.560. The van der Waals surface area contributed by atoms with Crippen molar-refractivity contribution in [3.8, 4) is 6.07 Å². The molecule has 1 saturated carbocycles. The zero-order chi connectivity index (χ0) is 16.9. The molecule has 0 saturated heterocycles. The quantitative estimate of drug-likeness (QED) is 0.725. The maximum Gasteiger partial charge on any atom is 0.200 e. The van der Waals surface area contributed by atoms with Crippen molar-refractivity contribution in [2.75, 3.05) is 0 Å². The number of rotatable bonds is 2. The number of hydrogen-bond acceptors (Lipinski definition) is 4. The van der Waals surface area contributed by atoms with Crippen LogP contribution in [0.3, 0.4) is 0 Å². The van der Waals surface area contributed by atoms with Crippen molar-refractivity contribution < 1.29 is 5.11 Å². The van der Waals surface area contributed by atoms with Gasteiger partial charge in [-0.3, -0.25) is 4.98 Å². The second-order valence-electron chi connectivity index (χ2n) is 6.07. The van der Waals surface area contributed by atoms with Gasteiger partial charge in [0.1, 0.15) is 11.6 Å². The lowest BCUT2D eigenvalue weighted by molar-refractivity contribution is 0.109. The van der Waals surface area contributed by atoms with E-state index in [1.54, 1.807) is 6.20 Å². The Morgan fingerprint density at radius 2 is 2.21 bits per heavy atom. The topological polar surface area (TPSA) is 93.3 Å². The molecular formula is C18H21N5O. The van der Waals surface area contributed by atoms with E-state index in [2.05, 4.69) is 26.7 Å². The van der Waals surface area contributed by atoms with Crippen LogP contribution >= 0.6 is 0 Å². The molecule has 1 aliphatic heterocycles. The number of aromatic nitrogens is 1. The van der Waals surface area contributed by atoms with Crippen LogP contribution < -0.4 is 10.6 Å². The molecule has 0 bridgehead atoms. The summed E-state index contributed by atoms with van der Waals surface area (Å²) < 4.78 is 0. The molecule has 1 aliphatic carbocycles. The Balaban J connectivity index is 1.92. The van der Waals surface area contributed by atoms with Crippen molar-refractivity contribution in [3.63, 3.8) is 0 Å². The van der Waals surface area contributed by atoms with Gasteiger partial charge in [-0.25, -0.2) is 4.99 Å². The molecule has 1 fully saturated rings. The van der Waals surface area contributed by atoms with Gasteiger partial charge in [-0.1, -0.05) is 18.9 Å². The first-order valence-corrected chi connectivity index (χ1v) is 8.21. The highest BCUT2D eigenvalue weighted by Crippen LogP contribution is 2.23. The van der Waals surface area contributed by atoms with Crippen LogP contribution in [-0.4, -0.2) is 28.2 Å². The molecular weight excluding hydrogens is 302 g/mol. The van der Waals surface area contributed by atoms with Gasteiger partial charge >= 0.3 is 0 Å². The molecule has 0 aromatic carbocycles. The van der Waals surface area contributed by atoms with E-state index in [-0.39, 0.29) is 6.04 Å². The van der Waals surface area contributed by atoms with Crippen LogP contribution in [-0.2, 0) is 0 Å². The highest BCUT2D eigenvalue weighted by Gasteiger charge is 2.24. The van der Waals surface area contributed by atoms with E-state index in [9.17, 15) is 10.4 Å². The van der Waals surface area contributed by atoms with Crippen molar-refractivity contribution in [1.82, 2.24) is 15.6 Å². The van der Waals surface area contributed by atoms with E-state index in [1.807, 2.05) is 31.3 Å². The number of aliphatic hydroxyl groups is 1. The summed E-state index contributed by atoms with van der Waals surface area (Å²) in [5.41, 5.74) is 2.69. The molecule has 2 heterocycles. The minimum Gasteiger partial charge on any atom is -0.391 e. The molecule has 2 aliphatic rings. The van der Waals surface area contributed by atoms with Crippen molar-refractivity contribution in [1.29, 1.82) is 5.26 Å². The van der Waals surface area contributed by atoms with Crippen LogP contribution in [0.15, 0.2) is 46.9 Å². The number of nitrogens with one attached hydrogen (secondary N) is 2. The molecule has 2 atom stereocenters. The largest absolute Gasteiger partial charge is 0.391 e. The van der Waals surface area contributed by atoms with Crippen molar-refractivity contribution in [2.24, 2.45) is 4.99 Å². The van der Waals surface area contributed by atoms with Gasteiger partial charge in [-0.2, -0.15) is 5.26 Å². The van der Waals surface area contributed by atoms with E-state index in [0.29, 0.717) is 22.9 Å². The Morgan fingerprint density at radius 3 is 2.92 bits per heavy atom. The first kappa shape index (κ1) is 16.2. The van der Waals surface area contributed by atoms with Gasteiger partial charge in [0, 0.05) is 12.4 Å². The molecule has 6 heteroatoms. The Bertz CT molecular complexity index is 730. The van der Waals surface area contributed by atoms with Crippen LogP contribution in [0.5, 0.6) is 0 Å². The normalized spacial score (nSPS) is 27.5. The maximum absolute atomic E-state index is 10.1. The first-order valence-electron chi connectivity index (χ1n) is 8.21. The minimum absolute atomic E-state index is 0.109. The number of aliphatic imine (C=N–C) groups is 1. The van der Waals surface area contributed by atoms with Gasteiger partial charge in [-0.05, 0) is 37.5 Å². The second kappa shape index (κ2) is 7.28. The molecule has 0 unspecified atom stereocenters. The Labute approximate surface area is 141 Å². The summed E-state index contributed by atoms with van der Waals surface area (Å²) in [6.45, 7) is 1.92. The standard InChI is InChI=1S/C18H21N5O/c1-12-11-21-18(22-15-7-2-3-8-16(15)24)23-17(12)13(10-19)14-6-4-5-9-20-14/h4-6,9,11,15-16,24H,2-3,7-8H2,1H3,(H2,21,22,23)/t15-,16-/m0/s1. The molecule has 6 nitrogen and oxygen atoms in total. The fourth-order valence-electron chi connectivity index (χ4n) is 2.99. The summed E-state index contributed by atoms with van der Waals surface area (Å²) >= 11 is 0. The molecule has 0 amide bonds. The van der Waals surface area contributed by atoms with Gasteiger partial charge in [0.25, 0.3) is 0 Å². The lowest BCUT2D eigenvalue weighted by Gasteiger charge is -2.27. The third-order valence-corrected chi connectivity index (χ3v) is 4.33. The zero-order valence-electron chi connectivity index (χ0n) is 13.7. The summed E-state index contributed by atoms with van der Waals surface area (Å²) in [5, 5.41) is 26.0. The predicted molar refractivity (Wildman–Crippen MR) is 92.5 cm³/mol. The second-order valence-corrected chi connectivity index (χ2v) is 6.07. The minimum atomic E-state index is -0.402. The van der Waals surface area contributed by atoms with E-state index in [4.69, 9.17) is 0 Å². The summed E-state index contributed by atoms with van der Waals surface area (Å²) in [6.07, 6.45) is 6.87. The smallest absolute Gasteiger partial charge is 0.200 e. The number of aliphatic hydroxyl groups excluding tert-OH is 1. The van der Waals surface area contributed by atoms with E-state index >= 15 is 0 Å². The Hall–Kier alpha value is -2.65. The van der Waals surface area contributed by atoms with Gasteiger partial charge in [0.05, 0.1) is 23.5 Å². The van der Waals surface area contributed by atoms with Crippen LogP contribution in [0.25, 0.3) is 5.57 Å². The SMILES string of the molecule is CC1=CNC(=N[C@H]2CCCC[C@@H]2O)NC1=C(C#N)c1ccccn1. The number of nitrogens with zero attached hydrogens (tertiary/aromatic N) is 3. The average molecular weight is 323 g/mol. The molecule has 0 spiro atoms. The number of allylic oxidation sites excluding steroid dienone is 2. The Morgan fingerprint density at radius 1 is 1.38 bits per heavy atom. The Kier molecular flexibility index (Phi) is 4.92. The van der Waals surface area contributed by atoms with Gasteiger partial charge in [-0.15, -0.1) is 0 Å². The third kappa shape index (κ3) is 3.47. The van der Waals surface area contributed by atoms with Crippen LogP contribution in [0.2, 0.25) is 0 Å². The van der Waals surface area contributed by atoms with Crippen LogP contribution in [0.1, 0.15) is 38.3 Å². The average Bonchev–Trinajstić information content (AvgIpc) is 2.61. The van der Waals surface area contributed by atoms with Crippen LogP contribution in [0, 0.1) is 11.3 Å². The molecule has 1 aromatic rings. The van der Waals surface area contributed by atoms with Crippen LogP contribution in [0.4, 0.5) is 0 Å². The highest BCUT2D eigenvalue weighted by molar-refractivity contribution is 5.91. The van der Waals surface area contributed by atoms with Gasteiger partial charge in [0.15, 0.2) is 5.96 Å². The predicted octanol–water partition coefficient (Wildman–Crippen LogP) is 2.07. The molecule has 1 aromatic heterocycles. The molecule has 124 valence electrons. The fourth-order valence-corrected chi connectivity index (χ4v) is 2.99. The van der Waals surface area contributed by atoms with Gasteiger partial charge in [0.2, 0.25) is 0 Å². The van der Waals surface area contributed by atoms with E-state index in [0.717, 1.165) is 31.3 Å². The van der Waals surface area contributed by atoms with E-state index < -0.39 is 6.10 Å². The van der Waals surface area contributed by atoms with Crippen molar-refractivity contribution >= 4 is 11.5 Å². The molecule has 24 heavy (non-hydrogen) atoms. The lowest BCUT2D eigenvalue weighted by atomic mass is 9.93. The molecule has 3 rings (SSSR count). The number of pyridine rings is 1. The number of nitriles is 1. The number of hydrogen-bond donors (Lipinski definition) is 3. The zero-order valence-corrected chi connectivity index (χ0v) is 13.7. The van der Waals surface area contributed by atoms with Gasteiger partial charge < -0.3 is 15.7 Å². The molecule has 0 radical (unpaired) electrons. The van der Waals surface area contributed by atoms with Crippen molar-refractivity contribution in [3.05, 3.63) is 47.6 Å². The lowest BCUT2D eigenvalue weighted by Crippen LogP contribution is -2.41. The highest BCUT2D eigenvalue weighted by atomic mass is 16.3. The maximum atomic E-state index is 10.1. The summed E-state index contributed by atoms with van der Waals surface area (Å²) in [6, 6.07) is 7.61. The summed E-state index contributed by atoms with van der Waals surface area (Å²) in [4.78, 5) is 8.87. The summed E-state index contributed by atoms with van der Waals surface area (Å²) in [7, 11) is 0. The fraction of sp³-hybridized carbons (Fsp3) is 0.389. The third-order valence-electron chi connectivity index (χ3n) is 4.33. The van der Waals surface area contributed by atoms with E-state index in [1.165, 1.54) is 0 Å². The molecule has 3 N–H and O–H groups in total. The van der Waals surface area contributed by atoms with Crippen molar-refractivity contribution in [2.45, 2.75) is 44.8 Å². The monoisotopic (exact) mass is 323 g/mol.